The van der Waals surface area contributed by atoms with E-state index in [-0.39, 0.29) is 5.54 Å². The Bertz CT molecular complexity index is 543. The zero-order chi connectivity index (χ0) is 11.2. The monoisotopic (exact) mass is 275 g/mol. The van der Waals surface area contributed by atoms with E-state index in [0.717, 1.165) is 17.3 Å². The fraction of sp³-hybridized carbons (Fsp3) is 0.286. The molecule has 0 spiro atoms. The molecule has 0 heterocycles. The van der Waals surface area contributed by atoms with Crippen molar-refractivity contribution >= 4 is 26.7 Å². The van der Waals surface area contributed by atoms with Crippen LogP contribution in [0.15, 0.2) is 40.9 Å². The predicted molar refractivity (Wildman–Crippen MR) is 71.4 cm³/mol. The van der Waals surface area contributed by atoms with Crippen LogP contribution in [0.25, 0.3) is 10.8 Å². The van der Waals surface area contributed by atoms with Gasteiger partial charge in [-0.05, 0) is 47.7 Å². The number of rotatable bonds is 1. The van der Waals surface area contributed by atoms with E-state index >= 15 is 0 Å². The fourth-order valence-electron chi connectivity index (χ4n) is 2.52. The number of hydrogen-bond donors (Lipinski definition) is 1. The smallest absolute Gasteiger partial charge is 0.0415 e. The second kappa shape index (κ2) is 3.57. The maximum atomic E-state index is 6.42. The third-order valence-electron chi connectivity index (χ3n) is 3.62. The first kappa shape index (κ1) is 10.3. The van der Waals surface area contributed by atoms with Crippen LogP contribution in [0.5, 0.6) is 0 Å². The number of halogens is 1. The summed E-state index contributed by atoms with van der Waals surface area (Å²) in [5.41, 5.74) is 7.65. The minimum Gasteiger partial charge on any atom is -0.321 e. The van der Waals surface area contributed by atoms with Crippen molar-refractivity contribution < 1.29 is 0 Å². The second-order valence-corrected chi connectivity index (χ2v) is 5.60. The van der Waals surface area contributed by atoms with E-state index in [9.17, 15) is 0 Å². The van der Waals surface area contributed by atoms with E-state index < -0.39 is 0 Å². The highest BCUT2D eigenvalue weighted by Gasteiger charge is 2.35. The summed E-state index contributed by atoms with van der Waals surface area (Å²) in [6.07, 6.45) is 3.48. The van der Waals surface area contributed by atoms with Crippen LogP contribution in [0, 0.1) is 0 Å². The van der Waals surface area contributed by atoms with E-state index in [1.807, 2.05) is 0 Å². The Morgan fingerprint density at radius 2 is 1.94 bits per heavy atom. The van der Waals surface area contributed by atoms with Crippen molar-refractivity contribution in [1.29, 1.82) is 0 Å². The molecule has 0 saturated heterocycles. The lowest BCUT2D eigenvalue weighted by Gasteiger charge is -2.39. The van der Waals surface area contributed by atoms with Gasteiger partial charge in [0.05, 0.1) is 0 Å². The molecule has 16 heavy (non-hydrogen) atoms. The largest absolute Gasteiger partial charge is 0.321 e. The lowest BCUT2D eigenvalue weighted by atomic mass is 9.71. The number of benzene rings is 2. The maximum Gasteiger partial charge on any atom is 0.0415 e. The molecule has 0 aliphatic heterocycles. The average molecular weight is 276 g/mol. The van der Waals surface area contributed by atoms with Gasteiger partial charge in [-0.2, -0.15) is 0 Å². The molecule has 2 N–H and O–H groups in total. The molecular weight excluding hydrogens is 262 g/mol. The van der Waals surface area contributed by atoms with Gasteiger partial charge in [-0.3, -0.25) is 0 Å². The molecule has 1 saturated carbocycles. The molecule has 82 valence electrons. The Hall–Kier alpha value is -0.860. The van der Waals surface area contributed by atoms with Crippen LogP contribution in [-0.2, 0) is 5.54 Å². The first-order valence-corrected chi connectivity index (χ1v) is 6.46. The van der Waals surface area contributed by atoms with Gasteiger partial charge in [0.2, 0.25) is 0 Å². The minimum atomic E-state index is -0.0761. The van der Waals surface area contributed by atoms with Gasteiger partial charge in [0, 0.05) is 10.0 Å². The van der Waals surface area contributed by atoms with Gasteiger partial charge in [0.25, 0.3) is 0 Å². The number of nitrogens with two attached hydrogens (primary N) is 1. The molecule has 2 aromatic carbocycles. The Balaban J connectivity index is 2.25. The van der Waals surface area contributed by atoms with Crippen molar-refractivity contribution in [1.82, 2.24) is 0 Å². The van der Waals surface area contributed by atoms with Gasteiger partial charge in [-0.15, -0.1) is 0 Å². The van der Waals surface area contributed by atoms with Crippen molar-refractivity contribution in [2.24, 2.45) is 5.73 Å². The molecule has 1 aliphatic rings. The number of fused-ring (bicyclic) bond motifs is 1. The molecule has 2 aromatic rings. The van der Waals surface area contributed by atoms with Crippen LogP contribution >= 0.6 is 15.9 Å². The van der Waals surface area contributed by atoms with E-state index in [1.165, 1.54) is 22.8 Å². The molecule has 3 rings (SSSR count). The van der Waals surface area contributed by atoms with Crippen LogP contribution in [0.3, 0.4) is 0 Å². The first-order chi connectivity index (χ1) is 7.69. The van der Waals surface area contributed by atoms with Crippen molar-refractivity contribution in [3.63, 3.8) is 0 Å². The lowest BCUT2D eigenvalue weighted by molar-refractivity contribution is 0.256. The summed E-state index contributed by atoms with van der Waals surface area (Å²) in [4.78, 5) is 0. The van der Waals surface area contributed by atoms with Crippen molar-refractivity contribution in [3.05, 3.63) is 46.4 Å². The highest BCUT2D eigenvalue weighted by atomic mass is 79.9. The summed E-state index contributed by atoms with van der Waals surface area (Å²) < 4.78 is 1.12. The predicted octanol–water partition coefficient (Wildman–Crippen LogP) is 3.94. The quantitative estimate of drug-likeness (QED) is 0.838. The molecule has 0 aromatic heterocycles. The van der Waals surface area contributed by atoms with Crippen LogP contribution < -0.4 is 5.73 Å². The van der Waals surface area contributed by atoms with Gasteiger partial charge >= 0.3 is 0 Å². The molecule has 0 atom stereocenters. The lowest BCUT2D eigenvalue weighted by Crippen LogP contribution is -2.43. The second-order valence-electron chi connectivity index (χ2n) is 4.68. The summed E-state index contributed by atoms with van der Waals surface area (Å²) in [7, 11) is 0. The third kappa shape index (κ3) is 1.48. The van der Waals surface area contributed by atoms with E-state index in [4.69, 9.17) is 5.73 Å². The molecule has 2 heteroatoms. The zero-order valence-electron chi connectivity index (χ0n) is 9.04. The Labute approximate surface area is 104 Å². The topological polar surface area (TPSA) is 26.0 Å². The van der Waals surface area contributed by atoms with Gasteiger partial charge < -0.3 is 5.73 Å². The molecule has 0 radical (unpaired) electrons. The molecule has 1 nitrogen and oxygen atoms in total. The minimum absolute atomic E-state index is 0.0761. The SMILES string of the molecule is NC1(c2cccc3cc(Br)ccc23)CCC1. The van der Waals surface area contributed by atoms with Crippen LogP contribution in [0.1, 0.15) is 24.8 Å². The van der Waals surface area contributed by atoms with Crippen LogP contribution in [-0.4, -0.2) is 0 Å². The molecular formula is C14H14BrN. The van der Waals surface area contributed by atoms with Crippen molar-refractivity contribution in [2.45, 2.75) is 24.8 Å². The van der Waals surface area contributed by atoms with Gasteiger partial charge in [-0.1, -0.05) is 40.2 Å². The molecule has 0 bridgehead atoms. The summed E-state index contributed by atoms with van der Waals surface area (Å²) in [6.45, 7) is 0. The third-order valence-corrected chi connectivity index (χ3v) is 4.12. The molecule has 1 fully saturated rings. The van der Waals surface area contributed by atoms with E-state index in [0.29, 0.717) is 0 Å². The fourth-order valence-corrected chi connectivity index (χ4v) is 2.89. The van der Waals surface area contributed by atoms with Crippen molar-refractivity contribution in [2.75, 3.05) is 0 Å². The summed E-state index contributed by atoms with van der Waals surface area (Å²) >= 11 is 3.51. The maximum absolute atomic E-state index is 6.42. The standard InChI is InChI=1S/C14H14BrN/c15-11-5-6-12-10(9-11)3-1-4-13(12)14(16)7-2-8-14/h1,3-6,9H,2,7-8,16H2. The molecule has 0 unspecified atom stereocenters. The number of hydrogen-bond acceptors (Lipinski definition) is 1. The molecule has 0 amide bonds. The zero-order valence-corrected chi connectivity index (χ0v) is 10.6. The highest BCUT2D eigenvalue weighted by molar-refractivity contribution is 9.10. The van der Waals surface area contributed by atoms with Crippen LogP contribution in [0.4, 0.5) is 0 Å². The van der Waals surface area contributed by atoms with Gasteiger partial charge in [0.15, 0.2) is 0 Å². The van der Waals surface area contributed by atoms with Crippen molar-refractivity contribution in [3.8, 4) is 0 Å². The van der Waals surface area contributed by atoms with Crippen LogP contribution in [0.2, 0.25) is 0 Å². The van der Waals surface area contributed by atoms with Gasteiger partial charge in [-0.25, -0.2) is 0 Å². The summed E-state index contributed by atoms with van der Waals surface area (Å²) in [5.74, 6) is 0. The molecule has 1 aliphatic carbocycles. The van der Waals surface area contributed by atoms with Gasteiger partial charge in [0.1, 0.15) is 0 Å². The normalized spacial score (nSPS) is 18.4. The highest BCUT2D eigenvalue weighted by Crippen LogP contribution is 2.41. The average Bonchev–Trinajstić information content (AvgIpc) is 2.24. The van der Waals surface area contributed by atoms with E-state index in [1.54, 1.807) is 0 Å². The summed E-state index contributed by atoms with van der Waals surface area (Å²) in [5, 5.41) is 2.57. The van der Waals surface area contributed by atoms with E-state index in [2.05, 4.69) is 52.3 Å². The Kier molecular flexibility index (Phi) is 2.30. The first-order valence-electron chi connectivity index (χ1n) is 5.67. The Morgan fingerprint density at radius 3 is 2.62 bits per heavy atom. The Morgan fingerprint density at radius 1 is 1.12 bits per heavy atom. The summed E-state index contributed by atoms with van der Waals surface area (Å²) in [6, 6.07) is 12.8.